The minimum atomic E-state index is -0.483. The summed E-state index contributed by atoms with van der Waals surface area (Å²) in [5.74, 6) is 0.788. The van der Waals surface area contributed by atoms with E-state index >= 15 is 0 Å². The SMILES string of the molecule is Cc1onc(-c2ccc(F)cc2)c1COc1ccc(C(N)=O)c(CC2CC2)n1. The predicted octanol–water partition coefficient (Wildman–Crippen LogP) is 3.81. The second-order valence-corrected chi connectivity index (χ2v) is 7.02. The molecule has 1 saturated carbocycles. The van der Waals surface area contributed by atoms with E-state index in [9.17, 15) is 9.18 Å². The fourth-order valence-electron chi connectivity index (χ4n) is 3.08. The maximum atomic E-state index is 13.2. The van der Waals surface area contributed by atoms with E-state index < -0.39 is 5.91 Å². The van der Waals surface area contributed by atoms with E-state index in [1.807, 2.05) is 0 Å². The van der Waals surface area contributed by atoms with Crippen LogP contribution in [-0.2, 0) is 13.0 Å². The molecule has 4 rings (SSSR count). The molecule has 144 valence electrons. The first-order valence-corrected chi connectivity index (χ1v) is 9.15. The number of benzene rings is 1. The van der Waals surface area contributed by atoms with Crippen molar-refractivity contribution in [2.75, 3.05) is 0 Å². The Morgan fingerprint density at radius 1 is 1.25 bits per heavy atom. The van der Waals surface area contributed by atoms with Crippen molar-refractivity contribution in [3.05, 3.63) is 64.8 Å². The van der Waals surface area contributed by atoms with Crippen LogP contribution >= 0.6 is 0 Å². The summed E-state index contributed by atoms with van der Waals surface area (Å²) in [7, 11) is 0. The number of ether oxygens (including phenoxy) is 1. The molecule has 2 N–H and O–H groups in total. The van der Waals surface area contributed by atoms with Gasteiger partial charge >= 0.3 is 0 Å². The number of rotatable bonds is 7. The van der Waals surface area contributed by atoms with Gasteiger partial charge in [-0.2, -0.15) is 0 Å². The standard InChI is InChI=1S/C21H20FN3O3/c1-12-17(20(25-28-12)14-4-6-15(22)7-5-14)11-27-19-9-8-16(21(23)26)18(24-19)10-13-2-3-13/h4-9,13H,2-3,10-11H2,1H3,(H2,23,26). The first kappa shape index (κ1) is 18.2. The van der Waals surface area contributed by atoms with Crippen LogP contribution in [-0.4, -0.2) is 16.0 Å². The number of aromatic nitrogens is 2. The quantitative estimate of drug-likeness (QED) is 0.672. The van der Waals surface area contributed by atoms with Gasteiger partial charge in [0.25, 0.3) is 5.91 Å². The minimum Gasteiger partial charge on any atom is -0.473 e. The van der Waals surface area contributed by atoms with Crippen molar-refractivity contribution in [2.45, 2.75) is 32.8 Å². The third-order valence-electron chi connectivity index (χ3n) is 4.86. The number of carbonyl (C=O) groups excluding carboxylic acids is 1. The molecule has 6 nitrogen and oxygen atoms in total. The van der Waals surface area contributed by atoms with Crippen molar-refractivity contribution in [3.8, 4) is 17.1 Å². The summed E-state index contributed by atoms with van der Waals surface area (Å²) < 4.78 is 24.3. The van der Waals surface area contributed by atoms with Gasteiger partial charge in [-0.15, -0.1) is 0 Å². The molecule has 1 aliphatic carbocycles. The molecule has 0 aliphatic heterocycles. The summed E-state index contributed by atoms with van der Waals surface area (Å²) in [5.41, 5.74) is 8.67. The zero-order chi connectivity index (χ0) is 19.7. The molecular formula is C21H20FN3O3. The van der Waals surface area contributed by atoms with Crippen molar-refractivity contribution < 1.29 is 18.4 Å². The fourth-order valence-corrected chi connectivity index (χ4v) is 3.08. The van der Waals surface area contributed by atoms with E-state index in [0.717, 1.165) is 30.4 Å². The van der Waals surface area contributed by atoms with Crippen LogP contribution in [0.4, 0.5) is 4.39 Å². The summed E-state index contributed by atoms with van der Waals surface area (Å²) in [4.78, 5) is 16.1. The van der Waals surface area contributed by atoms with Crippen molar-refractivity contribution in [1.29, 1.82) is 0 Å². The molecule has 0 saturated heterocycles. The van der Waals surface area contributed by atoms with Crippen LogP contribution in [0, 0.1) is 18.7 Å². The van der Waals surface area contributed by atoms with Gasteiger partial charge in [-0.25, -0.2) is 9.37 Å². The number of carbonyl (C=O) groups is 1. The second-order valence-electron chi connectivity index (χ2n) is 7.02. The zero-order valence-corrected chi connectivity index (χ0v) is 15.4. The molecule has 1 aliphatic rings. The largest absolute Gasteiger partial charge is 0.473 e. The Bertz CT molecular complexity index is 1010. The van der Waals surface area contributed by atoms with Crippen LogP contribution in [0.1, 0.15) is 40.2 Å². The summed E-state index contributed by atoms with van der Waals surface area (Å²) in [6.07, 6.45) is 3.01. The van der Waals surface area contributed by atoms with E-state index in [-0.39, 0.29) is 12.4 Å². The summed E-state index contributed by atoms with van der Waals surface area (Å²) in [5, 5.41) is 4.07. The molecule has 3 aromatic rings. The van der Waals surface area contributed by atoms with Crippen molar-refractivity contribution in [1.82, 2.24) is 10.1 Å². The lowest BCUT2D eigenvalue weighted by Gasteiger charge is -2.10. The van der Waals surface area contributed by atoms with Gasteiger partial charge < -0.3 is 15.0 Å². The van der Waals surface area contributed by atoms with Gasteiger partial charge in [0.2, 0.25) is 5.88 Å². The minimum absolute atomic E-state index is 0.188. The van der Waals surface area contributed by atoms with Crippen molar-refractivity contribution in [3.63, 3.8) is 0 Å². The highest BCUT2D eigenvalue weighted by Gasteiger charge is 2.25. The Morgan fingerprint density at radius 3 is 2.68 bits per heavy atom. The maximum absolute atomic E-state index is 13.2. The van der Waals surface area contributed by atoms with E-state index in [2.05, 4.69) is 10.1 Å². The average molecular weight is 381 g/mol. The van der Waals surface area contributed by atoms with Crippen molar-refractivity contribution >= 4 is 5.91 Å². The average Bonchev–Trinajstić information content (AvgIpc) is 3.41. The Kier molecular flexibility index (Phi) is 4.81. The van der Waals surface area contributed by atoms with Gasteiger partial charge in [0, 0.05) is 11.6 Å². The lowest BCUT2D eigenvalue weighted by molar-refractivity contribution is 0.0998. The molecule has 1 amide bonds. The molecule has 2 aromatic heterocycles. The number of aryl methyl sites for hydroxylation is 1. The summed E-state index contributed by atoms with van der Waals surface area (Å²) in [6.45, 7) is 1.98. The molecule has 0 unspecified atom stereocenters. The van der Waals surface area contributed by atoms with Gasteiger partial charge in [0.05, 0.1) is 16.8 Å². The van der Waals surface area contributed by atoms with Crippen LogP contribution < -0.4 is 10.5 Å². The number of hydrogen-bond acceptors (Lipinski definition) is 5. The highest BCUT2D eigenvalue weighted by atomic mass is 19.1. The van der Waals surface area contributed by atoms with Gasteiger partial charge in [-0.3, -0.25) is 4.79 Å². The predicted molar refractivity (Wildman–Crippen MR) is 100 cm³/mol. The second kappa shape index (κ2) is 7.42. The van der Waals surface area contributed by atoms with Crippen LogP contribution in [0.5, 0.6) is 5.88 Å². The molecular weight excluding hydrogens is 361 g/mol. The lowest BCUT2D eigenvalue weighted by atomic mass is 10.1. The first-order valence-electron chi connectivity index (χ1n) is 9.15. The van der Waals surface area contributed by atoms with Crippen LogP contribution in [0.15, 0.2) is 40.9 Å². The Labute approximate surface area is 161 Å². The van der Waals surface area contributed by atoms with Crippen LogP contribution in [0.3, 0.4) is 0 Å². The number of hydrogen-bond donors (Lipinski definition) is 1. The third-order valence-corrected chi connectivity index (χ3v) is 4.86. The number of nitrogens with zero attached hydrogens (tertiary/aromatic N) is 2. The number of nitrogens with two attached hydrogens (primary N) is 1. The molecule has 0 atom stereocenters. The van der Waals surface area contributed by atoms with Crippen LogP contribution in [0.25, 0.3) is 11.3 Å². The Hall–Kier alpha value is -3.22. The molecule has 0 bridgehead atoms. The topological polar surface area (TPSA) is 91.2 Å². The molecule has 0 radical (unpaired) electrons. The van der Waals surface area contributed by atoms with Crippen molar-refractivity contribution in [2.24, 2.45) is 11.7 Å². The fraction of sp³-hybridized carbons (Fsp3) is 0.286. The van der Waals surface area contributed by atoms with Gasteiger partial charge in [-0.1, -0.05) is 5.16 Å². The van der Waals surface area contributed by atoms with E-state index in [1.165, 1.54) is 12.1 Å². The molecule has 1 aromatic carbocycles. The normalized spacial score (nSPS) is 13.5. The molecule has 2 heterocycles. The number of pyridine rings is 1. The molecule has 28 heavy (non-hydrogen) atoms. The first-order chi connectivity index (χ1) is 13.5. The van der Waals surface area contributed by atoms with E-state index in [0.29, 0.717) is 34.5 Å². The van der Waals surface area contributed by atoms with E-state index in [4.69, 9.17) is 15.0 Å². The smallest absolute Gasteiger partial charge is 0.250 e. The maximum Gasteiger partial charge on any atom is 0.250 e. The Morgan fingerprint density at radius 2 is 2.00 bits per heavy atom. The summed E-state index contributed by atoms with van der Waals surface area (Å²) >= 11 is 0. The number of halogens is 1. The monoisotopic (exact) mass is 381 g/mol. The highest BCUT2D eigenvalue weighted by Crippen LogP contribution is 2.33. The Balaban J connectivity index is 1.55. The van der Waals surface area contributed by atoms with Gasteiger partial charge in [0.15, 0.2) is 0 Å². The molecule has 0 spiro atoms. The van der Waals surface area contributed by atoms with Crippen LogP contribution in [0.2, 0.25) is 0 Å². The van der Waals surface area contributed by atoms with Gasteiger partial charge in [-0.05, 0) is 62.4 Å². The number of primary amides is 1. The van der Waals surface area contributed by atoms with E-state index in [1.54, 1.807) is 31.2 Å². The highest BCUT2D eigenvalue weighted by molar-refractivity contribution is 5.94. The zero-order valence-electron chi connectivity index (χ0n) is 15.4. The van der Waals surface area contributed by atoms with Gasteiger partial charge in [0.1, 0.15) is 23.9 Å². The third kappa shape index (κ3) is 3.88. The molecule has 1 fully saturated rings. The summed E-state index contributed by atoms with van der Waals surface area (Å²) in [6, 6.07) is 9.32. The molecule has 7 heteroatoms. The number of amides is 1. The lowest BCUT2D eigenvalue weighted by Crippen LogP contribution is -2.15.